The normalized spacial score (nSPS) is 12.2. The summed E-state index contributed by atoms with van der Waals surface area (Å²) in [7, 11) is 0. The highest BCUT2D eigenvalue weighted by molar-refractivity contribution is 7.11. The Labute approximate surface area is 120 Å². The number of halogens is 1. The van der Waals surface area contributed by atoms with Crippen molar-refractivity contribution in [1.29, 1.82) is 0 Å². The maximum Gasteiger partial charge on any atom is 0.335 e. The Kier molecular flexibility index (Phi) is 4.07. The molecule has 6 heteroatoms. The van der Waals surface area contributed by atoms with Crippen LogP contribution >= 0.6 is 22.9 Å². The molecule has 1 aromatic carbocycles. The van der Waals surface area contributed by atoms with Gasteiger partial charge in [-0.15, -0.1) is 11.3 Å². The Bertz CT molecular complexity index is 612. The van der Waals surface area contributed by atoms with Crippen molar-refractivity contribution in [3.05, 3.63) is 44.9 Å². The first kappa shape index (κ1) is 13.8. The standard InChI is InChI=1S/C13H13ClN2O2S/c1-7-6-15-12(19-7)8(2)16-11-4-3-9(13(17)18)5-10(11)14/h3-6,8,16H,1-2H3,(H,17,18). The molecular formula is C13H13ClN2O2S. The Hall–Kier alpha value is -1.59. The molecule has 0 aliphatic rings. The maximum absolute atomic E-state index is 10.8. The molecule has 0 amide bonds. The lowest BCUT2D eigenvalue weighted by Crippen LogP contribution is -2.07. The SMILES string of the molecule is Cc1cnc(C(C)Nc2ccc(C(=O)O)cc2Cl)s1. The number of thiazole rings is 1. The van der Waals surface area contributed by atoms with Crippen molar-refractivity contribution in [2.24, 2.45) is 0 Å². The van der Waals surface area contributed by atoms with Gasteiger partial charge in [-0.2, -0.15) is 0 Å². The van der Waals surface area contributed by atoms with Gasteiger partial charge in [0.05, 0.1) is 22.3 Å². The molecule has 19 heavy (non-hydrogen) atoms. The second-order valence-corrected chi connectivity index (χ2v) is 5.85. The average molecular weight is 297 g/mol. The molecule has 1 aromatic heterocycles. The van der Waals surface area contributed by atoms with Gasteiger partial charge < -0.3 is 10.4 Å². The molecule has 0 radical (unpaired) electrons. The maximum atomic E-state index is 10.8. The Morgan fingerprint density at radius 3 is 2.79 bits per heavy atom. The molecule has 0 fully saturated rings. The minimum Gasteiger partial charge on any atom is -0.478 e. The lowest BCUT2D eigenvalue weighted by Gasteiger charge is -2.14. The largest absolute Gasteiger partial charge is 0.478 e. The highest BCUT2D eigenvalue weighted by atomic mass is 35.5. The monoisotopic (exact) mass is 296 g/mol. The van der Waals surface area contributed by atoms with Crippen LogP contribution < -0.4 is 5.32 Å². The zero-order chi connectivity index (χ0) is 14.0. The Morgan fingerprint density at radius 2 is 2.26 bits per heavy atom. The lowest BCUT2D eigenvalue weighted by molar-refractivity contribution is 0.0697. The van der Waals surface area contributed by atoms with Crippen LogP contribution in [0.4, 0.5) is 5.69 Å². The molecule has 100 valence electrons. The molecule has 1 heterocycles. The summed E-state index contributed by atoms with van der Waals surface area (Å²) < 4.78 is 0. The van der Waals surface area contributed by atoms with Crippen LogP contribution in [0.3, 0.4) is 0 Å². The fourth-order valence-electron chi connectivity index (χ4n) is 1.63. The smallest absolute Gasteiger partial charge is 0.335 e. The van der Waals surface area contributed by atoms with Crippen LogP contribution in [0.5, 0.6) is 0 Å². The highest BCUT2D eigenvalue weighted by Crippen LogP contribution is 2.28. The zero-order valence-electron chi connectivity index (χ0n) is 10.5. The molecule has 2 aromatic rings. The van der Waals surface area contributed by atoms with Crippen LogP contribution in [0.2, 0.25) is 5.02 Å². The summed E-state index contributed by atoms with van der Waals surface area (Å²) in [6.07, 6.45) is 1.83. The third kappa shape index (κ3) is 3.24. The van der Waals surface area contributed by atoms with Gasteiger partial charge in [0.25, 0.3) is 0 Å². The van der Waals surface area contributed by atoms with Crippen LogP contribution in [0.15, 0.2) is 24.4 Å². The van der Waals surface area contributed by atoms with Gasteiger partial charge in [-0.3, -0.25) is 0 Å². The fourth-order valence-corrected chi connectivity index (χ4v) is 2.64. The van der Waals surface area contributed by atoms with Gasteiger partial charge in [0.2, 0.25) is 0 Å². The van der Waals surface area contributed by atoms with E-state index in [1.165, 1.54) is 12.1 Å². The van der Waals surface area contributed by atoms with Crippen molar-refractivity contribution in [3.63, 3.8) is 0 Å². The number of carboxylic acid groups (broad SMARTS) is 1. The molecule has 4 nitrogen and oxygen atoms in total. The highest BCUT2D eigenvalue weighted by Gasteiger charge is 2.12. The van der Waals surface area contributed by atoms with Crippen LogP contribution in [0.25, 0.3) is 0 Å². The van der Waals surface area contributed by atoms with E-state index in [0.29, 0.717) is 10.7 Å². The number of hydrogen-bond acceptors (Lipinski definition) is 4. The molecule has 0 saturated heterocycles. The summed E-state index contributed by atoms with van der Waals surface area (Å²) >= 11 is 7.69. The number of nitrogens with zero attached hydrogens (tertiary/aromatic N) is 1. The Balaban J connectivity index is 2.17. The summed E-state index contributed by atoms with van der Waals surface area (Å²) in [5.74, 6) is -0.989. The minimum absolute atomic E-state index is 0.0203. The van der Waals surface area contributed by atoms with Gasteiger partial charge in [0, 0.05) is 11.1 Å². The van der Waals surface area contributed by atoms with Crippen molar-refractivity contribution >= 4 is 34.6 Å². The van der Waals surface area contributed by atoms with Crippen LogP contribution in [0.1, 0.15) is 33.2 Å². The summed E-state index contributed by atoms with van der Waals surface area (Å²) in [6.45, 7) is 3.99. The van der Waals surface area contributed by atoms with Crippen molar-refractivity contribution < 1.29 is 9.90 Å². The molecule has 0 aliphatic carbocycles. The van der Waals surface area contributed by atoms with Crippen molar-refractivity contribution in [2.45, 2.75) is 19.9 Å². The van der Waals surface area contributed by atoms with E-state index in [2.05, 4.69) is 10.3 Å². The molecular weight excluding hydrogens is 284 g/mol. The number of benzene rings is 1. The van der Waals surface area contributed by atoms with Gasteiger partial charge in [0.1, 0.15) is 5.01 Å². The van der Waals surface area contributed by atoms with Gasteiger partial charge in [-0.25, -0.2) is 9.78 Å². The van der Waals surface area contributed by atoms with Gasteiger partial charge >= 0.3 is 5.97 Å². The van der Waals surface area contributed by atoms with E-state index in [-0.39, 0.29) is 11.6 Å². The van der Waals surface area contributed by atoms with Gasteiger partial charge in [0.15, 0.2) is 0 Å². The van der Waals surface area contributed by atoms with E-state index in [1.807, 2.05) is 20.0 Å². The number of carbonyl (C=O) groups is 1. The summed E-state index contributed by atoms with van der Waals surface area (Å²) in [5.41, 5.74) is 0.875. The van der Waals surface area contributed by atoms with E-state index in [9.17, 15) is 4.79 Å². The number of hydrogen-bond donors (Lipinski definition) is 2. The van der Waals surface area contributed by atoms with Crippen molar-refractivity contribution in [3.8, 4) is 0 Å². The number of anilines is 1. The number of nitrogens with one attached hydrogen (secondary N) is 1. The van der Waals surface area contributed by atoms with Crippen LogP contribution in [-0.2, 0) is 0 Å². The molecule has 0 aliphatic heterocycles. The quantitative estimate of drug-likeness (QED) is 0.896. The van der Waals surface area contributed by atoms with E-state index in [4.69, 9.17) is 16.7 Å². The molecule has 0 saturated carbocycles. The second kappa shape index (κ2) is 5.59. The van der Waals surface area contributed by atoms with Gasteiger partial charge in [-0.05, 0) is 32.0 Å². The Morgan fingerprint density at radius 1 is 1.53 bits per heavy atom. The third-order valence-corrected chi connectivity index (χ3v) is 4.01. The first-order valence-electron chi connectivity index (χ1n) is 5.69. The third-order valence-electron chi connectivity index (χ3n) is 2.60. The molecule has 1 unspecified atom stereocenters. The minimum atomic E-state index is -0.989. The van der Waals surface area contributed by atoms with E-state index < -0.39 is 5.97 Å². The fraction of sp³-hybridized carbons (Fsp3) is 0.231. The molecule has 0 spiro atoms. The summed E-state index contributed by atoms with van der Waals surface area (Å²) in [6, 6.07) is 4.65. The predicted molar refractivity (Wildman–Crippen MR) is 77.3 cm³/mol. The summed E-state index contributed by atoms with van der Waals surface area (Å²) in [5, 5.41) is 13.5. The topological polar surface area (TPSA) is 62.2 Å². The predicted octanol–water partition coefficient (Wildman–Crippen LogP) is 3.98. The number of aromatic carboxylic acids is 1. The van der Waals surface area contributed by atoms with Crippen molar-refractivity contribution in [1.82, 2.24) is 4.98 Å². The van der Waals surface area contributed by atoms with Crippen LogP contribution in [-0.4, -0.2) is 16.1 Å². The molecule has 2 rings (SSSR count). The van der Waals surface area contributed by atoms with E-state index in [0.717, 1.165) is 9.88 Å². The van der Waals surface area contributed by atoms with Gasteiger partial charge in [-0.1, -0.05) is 11.6 Å². The first-order chi connectivity index (χ1) is 8.97. The number of aromatic nitrogens is 1. The van der Waals surface area contributed by atoms with E-state index in [1.54, 1.807) is 17.4 Å². The second-order valence-electron chi connectivity index (χ2n) is 4.17. The van der Waals surface area contributed by atoms with Crippen LogP contribution in [0, 0.1) is 6.92 Å². The number of aryl methyl sites for hydroxylation is 1. The zero-order valence-corrected chi connectivity index (χ0v) is 12.0. The molecule has 1 atom stereocenters. The van der Waals surface area contributed by atoms with E-state index >= 15 is 0 Å². The lowest BCUT2D eigenvalue weighted by atomic mass is 10.2. The van der Waals surface area contributed by atoms with Crippen molar-refractivity contribution in [2.75, 3.05) is 5.32 Å². The first-order valence-corrected chi connectivity index (χ1v) is 6.88. The number of carboxylic acids is 1. The average Bonchev–Trinajstić information content (AvgIpc) is 2.78. The molecule has 0 bridgehead atoms. The molecule has 2 N–H and O–H groups in total. The summed E-state index contributed by atoms with van der Waals surface area (Å²) in [4.78, 5) is 16.3. The number of rotatable bonds is 4.